The fourth-order valence-electron chi connectivity index (χ4n) is 1.45. The zero-order chi connectivity index (χ0) is 16.2. The molecule has 2 amide bonds. The summed E-state index contributed by atoms with van der Waals surface area (Å²) >= 11 is 0. The van der Waals surface area contributed by atoms with Crippen molar-refractivity contribution in [2.45, 2.75) is 25.6 Å². The number of amides is 2. The van der Waals surface area contributed by atoms with Crippen LogP contribution in [0.3, 0.4) is 0 Å². The number of aliphatic carboxylic acids is 1. The van der Waals surface area contributed by atoms with Crippen molar-refractivity contribution in [1.82, 2.24) is 5.32 Å². The molecule has 9 heteroatoms. The summed E-state index contributed by atoms with van der Waals surface area (Å²) in [5.41, 5.74) is -1.83. The summed E-state index contributed by atoms with van der Waals surface area (Å²) < 4.78 is 50.8. The molecule has 1 rings (SSSR count). The van der Waals surface area contributed by atoms with Gasteiger partial charge in [0.15, 0.2) is 0 Å². The van der Waals surface area contributed by atoms with Crippen molar-refractivity contribution in [3.05, 3.63) is 29.6 Å². The molecular weight excluding hydrogens is 296 g/mol. The first-order valence-corrected chi connectivity index (χ1v) is 5.82. The van der Waals surface area contributed by atoms with Crippen molar-refractivity contribution in [3.63, 3.8) is 0 Å². The molecule has 3 N–H and O–H groups in total. The van der Waals surface area contributed by atoms with Crippen LogP contribution in [0, 0.1) is 5.82 Å². The Balaban J connectivity index is 2.87. The molecule has 0 heterocycles. The molecule has 0 radical (unpaired) electrons. The fraction of sp³-hybridized carbons (Fsp3) is 0.333. The Kier molecular flexibility index (Phi) is 5.12. The summed E-state index contributed by atoms with van der Waals surface area (Å²) in [6.07, 6.45) is -4.62. The Morgan fingerprint density at radius 1 is 1.33 bits per heavy atom. The molecule has 0 unspecified atom stereocenters. The first kappa shape index (κ1) is 16.7. The van der Waals surface area contributed by atoms with Crippen LogP contribution in [-0.2, 0) is 11.0 Å². The highest BCUT2D eigenvalue weighted by molar-refractivity contribution is 5.92. The van der Waals surface area contributed by atoms with Gasteiger partial charge in [0, 0.05) is 0 Å². The lowest BCUT2D eigenvalue weighted by molar-refractivity contribution is -0.139. The highest BCUT2D eigenvalue weighted by atomic mass is 19.4. The van der Waals surface area contributed by atoms with Gasteiger partial charge in [0.1, 0.15) is 11.9 Å². The maximum absolute atomic E-state index is 13.4. The fourth-order valence-corrected chi connectivity index (χ4v) is 1.45. The van der Waals surface area contributed by atoms with Crippen molar-refractivity contribution in [2.24, 2.45) is 0 Å². The number of carboxylic acids is 1. The third kappa shape index (κ3) is 4.62. The number of urea groups is 1. The van der Waals surface area contributed by atoms with Gasteiger partial charge in [-0.2, -0.15) is 13.2 Å². The van der Waals surface area contributed by atoms with E-state index in [9.17, 15) is 27.2 Å². The second-order valence-electron chi connectivity index (χ2n) is 4.09. The molecule has 0 spiro atoms. The topological polar surface area (TPSA) is 78.4 Å². The van der Waals surface area contributed by atoms with Gasteiger partial charge >= 0.3 is 18.2 Å². The Morgan fingerprint density at radius 3 is 2.43 bits per heavy atom. The smallest absolute Gasteiger partial charge is 0.416 e. The molecule has 0 saturated carbocycles. The van der Waals surface area contributed by atoms with E-state index in [1.807, 2.05) is 10.6 Å². The van der Waals surface area contributed by atoms with Gasteiger partial charge in [-0.1, -0.05) is 6.92 Å². The third-order valence-corrected chi connectivity index (χ3v) is 2.55. The maximum Gasteiger partial charge on any atom is 0.416 e. The molecule has 0 saturated heterocycles. The molecule has 0 aliphatic rings. The van der Waals surface area contributed by atoms with Crippen LogP contribution in [0.4, 0.5) is 28.0 Å². The Labute approximate surface area is 117 Å². The Hall–Kier alpha value is -2.32. The largest absolute Gasteiger partial charge is 0.480 e. The molecule has 0 aliphatic heterocycles. The van der Waals surface area contributed by atoms with E-state index in [4.69, 9.17) is 5.11 Å². The molecule has 0 aliphatic carbocycles. The van der Waals surface area contributed by atoms with Gasteiger partial charge in [0.2, 0.25) is 0 Å². The molecular formula is C12H12F4N2O3. The van der Waals surface area contributed by atoms with E-state index >= 15 is 0 Å². The summed E-state index contributed by atoms with van der Waals surface area (Å²) in [6.45, 7) is 1.49. The van der Waals surface area contributed by atoms with Crippen molar-refractivity contribution >= 4 is 17.7 Å². The predicted molar refractivity (Wildman–Crippen MR) is 65.3 cm³/mol. The minimum absolute atomic E-state index is 0.0633. The van der Waals surface area contributed by atoms with Gasteiger partial charge in [-0.25, -0.2) is 14.0 Å². The number of halogens is 4. The lowest BCUT2D eigenvalue weighted by atomic mass is 10.2. The van der Waals surface area contributed by atoms with Crippen LogP contribution < -0.4 is 10.6 Å². The second-order valence-corrected chi connectivity index (χ2v) is 4.09. The SMILES string of the molecule is CC[C@H](NC(=O)Nc1cc(C(F)(F)F)ccc1F)C(=O)O. The monoisotopic (exact) mass is 308 g/mol. The molecule has 21 heavy (non-hydrogen) atoms. The van der Waals surface area contributed by atoms with E-state index < -0.39 is 41.3 Å². The van der Waals surface area contributed by atoms with Crippen LogP contribution >= 0.6 is 0 Å². The van der Waals surface area contributed by atoms with E-state index in [1.165, 1.54) is 6.92 Å². The minimum Gasteiger partial charge on any atom is -0.480 e. The molecule has 0 fully saturated rings. The summed E-state index contributed by atoms with van der Waals surface area (Å²) in [5.74, 6) is -2.38. The summed E-state index contributed by atoms with van der Waals surface area (Å²) in [4.78, 5) is 22.2. The average Bonchev–Trinajstić information content (AvgIpc) is 2.36. The van der Waals surface area contributed by atoms with Gasteiger partial charge < -0.3 is 15.7 Å². The zero-order valence-corrected chi connectivity index (χ0v) is 10.8. The average molecular weight is 308 g/mol. The highest BCUT2D eigenvalue weighted by Gasteiger charge is 2.31. The van der Waals surface area contributed by atoms with Gasteiger partial charge in [0.05, 0.1) is 11.3 Å². The van der Waals surface area contributed by atoms with Crippen molar-refractivity contribution in [2.75, 3.05) is 5.32 Å². The first-order valence-electron chi connectivity index (χ1n) is 5.82. The number of rotatable bonds is 4. The molecule has 0 aromatic heterocycles. The highest BCUT2D eigenvalue weighted by Crippen LogP contribution is 2.31. The summed E-state index contributed by atoms with van der Waals surface area (Å²) in [5, 5.41) is 12.6. The Bertz CT molecular complexity index is 546. The van der Waals surface area contributed by atoms with Crippen LogP contribution in [0.15, 0.2) is 18.2 Å². The van der Waals surface area contributed by atoms with Gasteiger partial charge in [-0.15, -0.1) is 0 Å². The maximum atomic E-state index is 13.4. The molecule has 1 aromatic rings. The van der Waals surface area contributed by atoms with E-state index in [1.54, 1.807) is 0 Å². The predicted octanol–water partition coefficient (Wildman–Crippen LogP) is 2.83. The number of alkyl halides is 3. The number of anilines is 1. The first-order chi connectivity index (χ1) is 9.65. The number of carboxylic acid groups (broad SMARTS) is 1. The lowest BCUT2D eigenvalue weighted by Gasteiger charge is -2.14. The van der Waals surface area contributed by atoms with Crippen LogP contribution in [0.2, 0.25) is 0 Å². The third-order valence-electron chi connectivity index (χ3n) is 2.55. The van der Waals surface area contributed by atoms with Gasteiger partial charge in [-0.3, -0.25) is 0 Å². The number of nitrogens with one attached hydrogen (secondary N) is 2. The quantitative estimate of drug-likeness (QED) is 0.748. The van der Waals surface area contributed by atoms with Crippen molar-refractivity contribution in [1.29, 1.82) is 0 Å². The summed E-state index contributed by atoms with van der Waals surface area (Å²) in [7, 11) is 0. The normalized spacial score (nSPS) is 12.6. The van der Waals surface area contributed by atoms with Crippen LogP contribution in [0.1, 0.15) is 18.9 Å². The Morgan fingerprint density at radius 2 is 1.95 bits per heavy atom. The lowest BCUT2D eigenvalue weighted by Crippen LogP contribution is -2.42. The van der Waals surface area contributed by atoms with Crippen molar-refractivity contribution in [3.8, 4) is 0 Å². The molecule has 116 valence electrons. The van der Waals surface area contributed by atoms with Crippen LogP contribution in [0.5, 0.6) is 0 Å². The minimum atomic E-state index is -4.69. The number of hydrogen-bond acceptors (Lipinski definition) is 2. The number of hydrogen-bond donors (Lipinski definition) is 3. The van der Waals surface area contributed by atoms with E-state index in [0.29, 0.717) is 18.2 Å². The molecule has 0 bridgehead atoms. The van der Waals surface area contributed by atoms with Gasteiger partial charge in [0.25, 0.3) is 0 Å². The zero-order valence-electron chi connectivity index (χ0n) is 10.8. The van der Waals surface area contributed by atoms with Crippen LogP contribution in [0.25, 0.3) is 0 Å². The molecule has 1 atom stereocenters. The van der Waals surface area contributed by atoms with E-state index in [-0.39, 0.29) is 6.42 Å². The van der Waals surface area contributed by atoms with E-state index in [2.05, 4.69) is 0 Å². The van der Waals surface area contributed by atoms with Gasteiger partial charge in [-0.05, 0) is 24.6 Å². The number of benzene rings is 1. The summed E-state index contributed by atoms with van der Waals surface area (Å²) in [6, 6.07) is -0.810. The van der Waals surface area contributed by atoms with Crippen LogP contribution in [-0.4, -0.2) is 23.1 Å². The second kappa shape index (κ2) is 6.42. The number of carbonyl (C=O) groups excluding carboxylic acids is 1. The number of carbonyl (C=O) groups is 2. The van der Waals surface area contributed by atoms with Crippen molar-refractivity contribution < 1.29 is 32.3 Å². The standard InChI is InChI=1S/C12H12F4N2O3/c1-2-8(10(19)20)17-11(21)18-9-5-6(12(14,15)16)3-4-7(9)13/h3-5,8H,2H2,1H3,(H,19,20)(H2,17,18,21)/t8-/m0/s1. The molecule has 1 aromatic carbocycles. The van der Waals surface area contributed by atoms with E-state index in [0.717, 1.165) is 0 Å². The molecule has 5 nitrogen and oxygen atoms in total.